The van der Waals surface area contributed by atoms with Gasteiger partial charge in [-0.05, 0) is 129 Å². The molecule has 10 rings (SSSR count). The van der Waals surface area contributed by atoms with Gasteiger partial charge in [0.05, 0.1) is 33.0 Å². The number of imide groups is 1. The van der Waals surface area contributed by atoms with E-state index in [2.05, 4.69) is 75.6 Å². The van der Waals surface area contributed by atoms with Crippen LogP contribution in [0.25, 0.3) is 22.0 Å². The highest BCUT2D eigenvalue weighted by Gasteiger charge is 2.33. The van der Waals surface area contributed by atoms with Crippen LogP contribution in [-0.4, -0.2) is 112 Å². The largest absolute Gasteiger partial charge is 0.488 e. The molecule has 4 aliphatic rings. The fourth-order valence-corrected chi connectivity index (χ4v) is 11.8. The van der Waals surface area contributed by atoms with Crippen LogP contribution >= 0.6 is 23.1 Å². The zero-order valence-electron chi connectivity index (χ0n) is 39.0. The van der Waals surface area contributed by atoms with Gasteiger partial charge in [-0.3, -0.25) is 29.4 Å². The van der Waals surface area contributed by atoms with Crippen LogP contribution in [0.3, 0.4) is 0 Å². The van der Waals surface area contributed by atoms with E-state index in [-0.39, 0.29) is 24.9 Å². The maximum absolute atomic E-state index is 13.7. The first-order valence-corrected chi connectivity index (χ1v) is 27.2. The Morgan fingerprint density at radius 1 is 0.897 bits per heavy atom. The van der Waals surface area contributed by atoms with Crippen LogP contribution in [0.2, 0.25) is 0 Å². The SMILES string of the molecule is CCc1cc(Nc2ncc(Br)c(Nc3ccc4nc(C)ccc4c3P(C)(C)=O)n2)c(OC2CC2)cc1N1CCC(N2CCN(CCc3ccc4c(c3)oc(=O)n4C3CCC(=O)NC3=O)CC2)CC1. The molecule has 16 nitrogen and oxygen atoms in total. The average Bonchev–Trinajstić information content (AvgIpc) is 4.09. The fraction of sp³-hybridized carbons (Fsp3) is 0.440. The number of nitrogens with zero attached hydrogens (tertiary/aromatic N) is 7. The summed E-state index contributed by atoms with van der Waals surface area (Å²) in [4.78, 5) is 58.9. The number of benzene rings is 3. The van der Waals surface area contributed by atoms with Gasteiger partial charge in [-0.2, -0.15) is 4.98 Å². The number of carbonyl (C=O) groups excluding carboxylic acids is 2. The van der Waals surface area contributed by atoms with Gasteiger partial charge >= 0.3 is 5.76 Å². The molecular formula is C50H58BrN10O6P. The quantitative estimate of drug-likeness (QED) is 0.0716. The molecule has 3 aromatic heterocycles. The molecule has 6 heterocycles. The number of aryl methyl sites for hydroxylation is 2. The Labute approximate surface area is 403 Å². The summed E-state index contributed by atoms with van der Waals surface area (Å²) in [5.74, 6) is 0.394. The summed E-state index contributed by atoms with van der Waals surface area (Å²) in [6.07, 6.45) is 8.31. The highest BCUT2D eigenvalue weighted by molar-refractivity contribution is 9.10. The van der Waals surface area contributed by atoms with E-state index >= 15 is 0 Å². The molecule has 6 aromatic rings. The first-order valence-electron chi connectivity index (χ1n) is 23.8. The number of pyridine rings is 1. The van der Waals surface area contributed by atoms with Crippen LogP contribution < -0.4 is 36.6 Å². The lowest BCUT2D eigenvalue weighted by atomic mass is 9.99. The fourth-order valence-electron chi connectivity index (χ4n) is 10.1. The lowest BCUT2D eigenvalue weighted by Crippen LogP contribution is -2.53. The summed E-state index contributed by atoms with van der Waals surface area (Å²) < 4.78 is 27.9. The minimum atomic E-state index is -2.73. The number of piperazine rings is 1. The molecular weight excluding hydrogens is 947 g/mol. The predicted molar refractivity (Wildman–Crippen MR) is 270 cm³/mol. The number of piperidine rings is 2. The standard InChI is InChI=1S/C50H58BrN10O6P/c1-5-32-27-39(55-49-52-29-36(51)47(57-49)54-38-12-11-37-35(10-6-30(2)53-37)46(38)68(3,4)65)43(66-34-8-9-34)28-42(32)60-20-17-33(18-21-60)59-24-22-58(23-25-59)19-16-31-7-13-40-44(26-31)67-50(64)61(40)41-14-15-45(62)56-48(41)63/h6-7,10-13,26-29,33-34,41H,5,8-9,14-25H2,1-4H3,(H,56,62,63)(H2,52,54,55,57). The first kappa shape index (κ1) is 46.1. The Morgan fingerprint density at radius 2 is 1.69 bits per heavy atom. The van der Waals surface area contributed by atoms with Crippen molar-refractivity contribution in [1.29, 1.82) is 0 Å². The van der Waals surface area contributed by atoms with E-state index in [9.17, 15) is 18.9 Å². The number of anilines is 5. The maximum Gasteiger partial charge on any atom is 0.420 e. The Kier molecular flexibility index (Phi) is 12.9. The van der Waals surface area contributed by atoms with E-state index in [1.165, 1.54) is 15.8 Å². The third kappa shape index (κ3) is 9.81. The van der Waals surface area contributed by atoms with Crippen molar-refractivity contribution in [3.05, 3.63) is 92.6 Å². The second-order valence-corrected chi connectivity index (χ2v) is 23.0. The summed E-state index contributed by atoms with van der Waals surface area (Å²) in [5, 5.41) is 10.9. The van der Waals surface area contributed by atoms with Crippen LogP contribution in [0.5, 0.6) is 5.75 Å². The van der Waals surface area contributed by atoms with Gasteiger partial charge in [0.2, 0.25) is 17.8 Å². The lowest BCUT2D eigenvalue weighted by Gasteiger charge is -2.43. The second kappa shape index (κ2) is 19.1. The Hall–Kier alpha value is -5.61. The number of hydrogen-bond acceptors (Lipinski definition) is 14. The zero-order chi connectivity index (χ0) is 47.3. The van der Waals surface area contributed by atoms with E-state index in [0.29, 0.717) is 39.1 Å². The molecule has 3 aliphatic heterocycles. The molecule has 0 radical (unpaired) electrons. The number of oxazole rings is 1. The third-order valence-corrected chi connectivity index (χ3v) is 15.9. The van der Waals surface area contributed by atoms with E-state index in [0.717, 1.165) is 123 Å². The van der Waals surface area contributed by atoms with Gasteiger partial charge in [0.15, 0.2) is 5.58 Å². The predicted octanol–water partition coefficient (Wildman–Crippen LogP) is 7.65. The van der Waals surface area contributed by atoms with Gasteiger partial charge < -0.3 is 34.2 Å². The summed E-state index contributed by atoms with van der Waals surface area (Å²) in [5.41, 5.74) is 7.82. The van der Waals surface area contributed by atoms with Gasteiger partial charge in [0.1, 0.15) is 24.8 Å². The minimum Gasteiger partial charge on any atom is -0.488 e. The highest BCUT2D eigenvalue weighted by atomic mass is 79.9. The van der Waals surface area contributed by atoms with Crippen molar-refractivity contribution >= 4 is 91.0 Å². The van der Waals surface area contributed by atoms with Crippen molar-refractivity contribution in [2.75, 3.05) is 74.7 Å². The molecule has 0 bridgehead atoms. The molecule has 0 spiro atoms. The molecule has 68 heavy (non-hydrogen) atoms. The van der Waals surface area contributed by atoms with Crippen LogP contribution in [0.4, 0.5) is 28.8 Å². The number of carbonyl (C=O) groups is 2. The van der Waals surface area contributed by atoms with Crippen molar-refractivity contribution in [3.8, 4) is 5.75 Å². The molecule has 1 atom stereocenters. The number of amides is 2. The summed E-state index contributed by atoms with van der Waals surface area (Å²) >= 11 is 3.65. The van der Waals surface area contributed by atoms with Gasteiger partial charge in [-0.25, -0.2) is 9.78 Å². The molecule has 1 unspecified atom stereocenters. The highest BCUT2D eigenvalue weighted by Crippen LogP contribution is 2.43. The van der Waals surface area contributed by atoms with Crippen molar-refractivity contribution in [3.63, 3.8) is 0 Å². The number of rotatable bonds is 14. The zero-order valence-corrected chi connectivity index (χ0v) is 41.5. The van der Waals surface area contributed by atoms with Crippen LogP contribution in [0, 0.1) is 6.92 Å². The van der Waals surface area contributed by atoms with E-state index in [1.807, 2.05) is 49.4 Å². The van der Waals surface area contributed by atoms with Crippen molar-refractivity contribution < 1.29 is 23.3 Å². The first-order chi connectivity index (χ1) is 32.8. The molecule has 2 amide bonds. The number of halogens is 1. The molecule has 3 N–H and O–H groups in total. The van der Waals surface area contributed by atoms with E-state index in [4.69, 9.17) is 14.1 Å². The maximum atomic E-state index is 13.7. The van der Waals surface area contributed by atoms with Crippen LogP contribution in [0.1, 0.15) is 68.3 Å². The van der Waals surface area contributed by atoms with Gasteiger partial charge in [0, 0.05) is 92.6 Å². The summed E-state index contributed by atoms with van der Waals surface area (Å²) in [6.45, 7) is 14.6. The molecule has 18 heteroatoms. The smallest absolute Gasteiger partial charge is 0.420 e. The summed E-state index contributed by atoms with van der Waals surface area (Å²) in [6, 6.07) is 17.8. The van der Waals surface area contributed by atoms with Crippen molar-refractivity contribution in [1.82, 2.24) is 34.6 Å². The topological polar surface area (TPSA) is 180 Å². The van der Waals surface area contributed by atoms with Gasteiger partial charge in [-0.1, -0.05) is 19.1 Å². The third-order valence-electron chi connectivity index (χ3n) is 13.8. The van der Waals surface area contributed by atoms with Crippen LogP contribution in [-0.2, 0) is 27.0 Å². The molecule has 356 valence electrons. The molecule has 1 aliphatic carbocycles. The number of fused-ring (bicyclic) bond motifs is 2. The van der Waals surface area contributed by atoms with Crippen molar-refractivity contribution in [2.45, 2.75) is 83.4 Å². The number of ether oxygens (including phenoxy) is 1. The Balaban J connectivity index is 0.767. The number of nitrogens with one attached hydrogen (secondary N) is 3. The summed E-state index contributed by atoms with van der Waals surface area (Å²) in [7, 11) is -2.73. The monoisotopic (exact) mass is 1000 g/mol. The van der Waals surface area contributed by atoms with Gasteiger partial charge in [0.25, 0.3) is 0 Å². The van der Waals surface area contributed by atoms with E-state index in [1.54, 1.807) is 19.5 Å². The Bertz CT molecular complexity index is 3020. The van der Waals surface area contributed by atoms with Crippen LogP contribution in [0.15, 0.2) is 74.5 Å². The normalized spacial score (nSPS) is 18.9. The lowest BCUT2D eigenvalue weighted by molar-refractivity contribution is -0.135. The number of hydrogen-bond donors (Lipinski definition) is 3. The second-order valence-electron chi connectivity index (χ2n) is 19.0. The number of aromatic nitrogens is 4. The van der Waals surface area contributed by atoms with Crippen molar-refractivity contribution in [2.24, 2.45) is 0 Å². The molecule has 4 fully saturated rings. The Morgan fingerprint density at radius 3 is 2.43 bits per heavy atom. The average molecular weight is 1010 g/mol. The van der Waals surface area contributed by atoms with Gasteiger partial charge in [-0.15, -0.1) is 0 Å². The molecule has 1 saturated carbocycles. The molecule has 3 saturated heterocycles. The van der Waals surface area contributed by atoms with E-state index < -0.39 is 24.8 Å². The molecule has 3 aromatic carbocycles. The minimum absolute atomic E-state index is 0.191.